The van der Waals surface area contributed by atoms with Crippen LogP contribution in [0.5, 0.6) is 0 Å². The molecule has 12 heavy (non-hydrogen) atoms. The van der Waals surface area contributed by atoms with Crippen molar-refractivity contribution in [2.75, 3.05) is 7.11 Å². The van der Waals surface area contributed by atoms with Crippen molar-refractivity contribution in [2.45, 2.75) is 32.9 Å². The normalized spacial score (nSPS) is 12.0. The summed E-state index contributed by atoms with van der Waals surface area (Å²) in [6.45, 7) is 6.88. The molecule has 1 rings (SSSR count). The second-order valence-corrected chi connectivity index (χ2v) is 3.15. The van der Waals surface area contributed by atoms with Gasteiger partial charge in [-0.05, 0) is 20.8 Å². The Bertz CT molecular complexity index is 255. The number of ether oxygens (including phenoxy) is 1. The molecule has 0 aliphatic heterocycles. The van der Waals surface area contributed by atoms with E-state index in [1.54, 1.807) is 13.4 Å². The number of aromatic nitrogens is 3. The van der Waals surface area contributed by atoms with Gasteiger partial charge in [-0.25, -0.2) is 0 Å². The third-order valence-electron chi connectivity index (χ3n) is 2.01. The zero-order valence-corrected chi connectivity index (χ0v) is 8.03. The summed E-state index contributed by atoms with van der Waals surface area (Å²) >= 11 is 0. The van der Waals surface area contributed by atoms with E-state index in [4.69, 9.17) is 4.74 Å². The molecule has 1 heterocycles. The van der Waals surface area contributed by atoms with Crippen LogP contribution in [-0.4, -0.2) is 21.9 Å². The molecule has 68 valence electrons. The maximum atomic E-state index is 5.30. The Morgan fingerprint density at radius 2 is 2.25 bits per heavy atom. The van der Waals surface area contributed by atoms with Crippen molar-refractivity contribution < 1.29 is 4.74 Å². The lowest BCUT2D eigenvalue weighted by Crippen LogP contribution is -2.24. The van der Waals surface area contributed by atoms with E-state index < -0.39 is 0 Å². The second kappa shape index (κ2) is 3.23. The van der Waals surface area contributed by atoms with Crippen LogP contribution < -0.4 is 0 Å². The second-order valence-electron chi connectivity index (χ2n) is 3.15. The van der Waals surface area contributed by atoms with Crippen molar-refractivity contribution in [1.82, 2.24) is 14.8 Å². The first-order chi connectivity index (χ1) is 5.61. The molecule has 0 amide bonds. The first-order valence-corrected chi connectivity index (χ1v) is 4.05. The van der Waals surface area contributed by atoms with Gasteiger partial charge in [0.05, 0.1) is 0 Å². The summed E-state index contributed by atoms with van der Waals surface area (Å²) in [5.41, 5.74) is -0.355. The average molecular weight is 169 g/mol. The van der Waals surface area contributed by atoms with E-state index in [0.29, 0.717) is 0 Å². The van der Waals surface area contributed by atoms with Gasteiger partial charge in [0.25, 0.3) is 0 Å². The van der Waals surface area contributed by atoms with E-state index in [2.05, 4.69) is 17.1 Å². The molecule has 0 N–H and O–H groups in total. The summed E-state index contributed by atoms with van der Waals surface area (Å²) in [7, 11) is 1.68. The van der Waals surface area contributed by atoms with E-state index in [1.165, 1.54) is 0 Å². The predicted molar refractivity (Wildman–Crippen MR) is 45.7 cm³/mol. The number of hydrogen-bond acceptors (Lipinski definition) is 3. The van der Waals surface area contributed by atoms with Gasteiger partial charge >= 0.3 is 0 Å². The van der Waals surface area contributed by atoms with Crippen LogP contribution in [-0.2, 0) is 16.9 Å². The van der Waals surface area contributed by atoms with Gasteiger partial charge in [0.2, 0.25) is 0 Å². The van der Waals surface area contributed by atoms with Crippen molar-refractivity contribution in [3.05, 3.63) is 12.2 Å². The van der Waals surface area contributed by atoms with Crippen LogP contribution in [0.3, 0.4) is 0 Å². The van der Waals surface area contributed by atoms with Gasteiger partial charge < -0.3 is 9.30 Å². The molecule has 0 aliphatic rings. The molecule has 0 unspecified atom stereocenters. The molecule has 4 nitrogen and oxygen atoms in total. The Morgan fingerprint density at radius 1 is 1.58 bits per heavy atom. The fourth-order valence-corrected chi connectivity index (χ4v) is 1.04. The Hall–Kier alpha value is -0.900. The van der Waals surface area contributed by atoms with Gasteiger partial charge in [-0.3, -0.25) is 0 Å². The van der Waals surface area contributed by atoms with Crippen LogP contribution in [0.4, 0.5) is 0 Å². The number of rotatable bonds is 3. The predicted octanol–water partition coefficient (Wildman–Crippen LogP) is 1.18. The van der Waals surface area contributed by atoms with E-state index in [0.717, 1.165) is 12.4 Å². The molecule has 0 bridgehead atoms. The lowest BCUT2D eigenvalue weighted by atomic mass is 10.1. The lowest BCUT2D eigenvalue weighted by Gasteiger charge is -2.21. The smallest absolute Gasteiger partial charge is 0.164 e. The van der Waals surface area contributed by atoms with E-state index >= 15 is 0 Å². The Kier molecular flexibility index (Phi) is 2.47. The maximum absolute atomic E-state index is 5.30. The maximum Gasteiger partial charge on any atom is 0.164 e. The van der Waals surface area contributed by atoms with Gasteiger partial charge in [-0.1, -0.05) is 0 Å². The molecule has 0 atom stereocenters. The minimum atomic E-state index is -0.355. The summed E-state index contributed by atoms with van der Waals surface area (Å²) in [6.07, 6.45) is 1.72. The summed E-state index contributed by atoms with van der Waals surface area (Å²) in [4.78, 5) is 0. The summed E-state index contributed by atoms with van der Waals surface area (Å²) in [6, 6.07) is 0. The molecular formula is C8H15N3O. The highest BCUT2D eigenvalue weighted by Crippen LogP contribution is 2.20. The summed E-state index contributed by atoms with van der Waals surface area (Å²) < 4.78 is 7.28. The van der Waals surface area contributed by atoms with Crippen molar-refractivity contribution in [1.29, 1.82) is 0 Å². The molecular weight excluding hydrogens is 154 g/mol. The molecule has 0 spiro atoms. The van der Waals surface area contributed by atoms with Gasteiger partial charge in [0.1, 0.15) is 11.9 Å². The zero-order chi connectivity index (χ0) is 9.19. The fraction of sp³-hybridized carbons (Fsp3) is 0.750. The molecule has 0 aromatic carbocycles. The number of hydrogen-bond donors (Lipinski definition) is 0. The molecule has 1 aromatic heterocycles. The van der Waals surface area contributed by atoms with Crippen molar-refractivity contribution in [3.63, 3.8) is 0 Å². The molecule has 0 saturated carbocycles. The molecule has 0 fully saturated rings. The Balaban J connectivity index is 3.00. The zero-order valence-electron chi connectivity index (χ0n) is 8.03. The SMILES string of the molecule is CCn1cnnc1C(C)(C)OC. The number of aryl methyl sites for hydroxylation is 1. The Morgan fingerprint density at radius 3 is 2.75 bits per heavy atom. The van der Waals surface area contributed by atoms with Crippen LogP contribution in [0, 0.1) is 0 Å². The van der Waals surface area contributed by atoms with Crippen molar-refractivity contribution >= 4 is 0 Å². The first kappa shape index (κ1) is 9.19. The highest BCUT2D eigenvalue weighted by Gasteiger charge is 2.25. The average Bonchev–Trinajstić information content (AvgIpc) is 2.52. The topological polar surface area (TPSA) is 39.9 Å². The highest BCUT2D eigenvalue weighted by atomic mass is 16.5. The first-order valence-electron chi connectivity index (χ1n) is 4.05. The van der Waals surface area contributed by atoms with E-state index in [9.17, 15) is 0 Å². The van der Waals surface area contributed by atoms with E-state index in [-0.39, 0.29) is 5.60 Å². The van der Waals surface area contributed by atoms with Crippen LogP contribution in [0.1, 0.15) is 26.6 Å². The van der Waals surface area contributed by atoms with Crippen LogP contribution in [0.25, 0.3) is 0 Å². The molecule has 0 radical (unpaired) electrons. The molecule has 4 heteroatoms. The van der Waals surface area contributed by atoms with Gasteiger partial charge in [0.15, 0.2) is 5.82 Å². The quantitative estimate of drug-likeness (QED) is 0.682. The van der Waals surface area contributed by atoms with Gasteiger partial charge in [-0.15, -0.1) is 10.2 Å². The number of methoxy groups -OCH3 is 1. The molecule has 0 aliphatic carbocycles. The minimum Gasteiger partial charge on any atom is -0.371 e. The highest BCUT2D eigenvalue weighted by molar-refractivity contribution is 4.97. The van der Waals surface area contributed by atoms with Crippen LogP contribution in [0.15, 0.2) is 6.33 Å². The van der Waals surface area contributed by atoms with Crippen molar-refractivity contribution in [2.24, 2.45) is 0 Å². The third kappa shape index (κ3) is 1.48. The largest absolute Gasteiger partial charge is 0.371 e. The number of nitrogens with zero attached hydrogens (tertiary/aromatic N) is 3. The third-order valence-corrected chi connectivity index (χ3v) is 2.01. The van der Waals surface area contributed by atoms with E-state index in [1.807, 2.05) is 18.4 Å². The van der Waals surface area contributed by atoms with Crippen molar-refractivity contribution in [3.8, 4) is 0 Å². The monoisotopic (exact) mass is 169 g/mol. The lowest BCUT2D eigenvalue weighted by molar-refractivity contribution is 0.00835. The minimum absolute atomic E-state index is 0.355. The fourth-order valence-electron chi connectivity index (χ4n) is 1.04. The molecule has 0 saturated heterocycles. The standard InChI is InChI=1S/C8H15N3O/c1-5-11-6-9-10-7(11)8(2,3)12-4/h6H,5H2,1-4H3. The summed E-state index contributed by atoms with van der Waals surface area (Å²) in [5.74, 6) is 0.868. The molecule has 1 aromatic rings. The Labute approximate surface area is 72.6 Å². The van der Waals surface area contributed by atoms with Crippen LogP contribution >= 0.6 is 0 Å². The summed E-state index contributed by atoms with van der Waals surface area (Å²) in [5, 5.41) is 7.86. The van der Waals surface area contributed by atoms with Gasteiger partial charge in [0, 0.05) is 13.7 Å². The van der Waals surface area contributed by atoms with Gasteiger partial charge in [-0.2, -0.15) is 0 Å². The van der Waals surface area contributed by atoms with Crippen LogP contribution in [0.2, 0.25) is 0 Å².